The monoisotopic (exact) mass is 876 g/mol. The summed E-state index contributed by atoms with van der Waals surface area (Å²) in [5.74, 6) is 5.05. The summed E-state index contributed by atoms with van der Waals surface area (Å²) in [6.45, 7) is 6.77. The van der Waals surface area contributed by atoms with Gasteiger partial charge in [-0.25, -0.2) is 0 Å². The molecule has 0 aromatic heterocycles. The fourth-order valence-corrected chi connectivity index (χ4v) is 6.10. The van der Waals surface area contributed by atoms with Gasteiger partial charge in [0.2, 0.25) is 0 Å². The third-order valence-electron chi connectivity index (χ3n) is 8.18. The summed E-state index contributed by atoms with van der Waals surface area (Å²) in [7, 11) is 0. The molecule has 0 aliphatic carbocycles. The van der Waals surface area contributed by atoms with Gasteiger partial charge in [-0.2, -0.15) is 0 Å². The van der Waals surface area contributed by atoms with Gasteiger partial charge >= 0.3 is 47.8 Å². The van der Waals surface area contributed by atoms with Crippen molar-refractivity contribution in [1.82, 2.24) is 0 Å². The molecule has 0 saturated carbocycles. The first kappa shape index (κ1) is 50.3. The van der Waals surface area contributed by atoms with Crippen LogP contribution in [0.1, 0.15) is 72.1 Å². The Morgan fingerprint density at radius 2 is 0.806 bits per heavy atom. The van der Waals surface area contributed by atoms with Crippen LogP contribution in [0.2, 0.25) is 0 Å². The molecule has 2 fully saturated rings. The molecule has 2 saturated heterocycles. The number of hydrogen-bond acceptors (Lipinski definition) is 21. The van der Waals surface area contributed by atoms with Crippen LogP contribution in [0.5, 0.6) is 0 Å². The van der Waals surface area contributed by atoms with E-state index in [2.05, 4.69) is 23.7 Å². The maximum Gasteiger partial charge on any atom is 0.303 e. The zero-order valence-corrected chi connectivity index (χ0v) is 35.2. The predicted octanol–water partition coefficient (Wildman–Crippen LogP) is 0.0813. The summed E-state index contributed by atoms with van der Waals surface area (Å²) in [4.78, 5) is 95.6. The zero-order chi connectivity index (χ0) is 46.1. The molecular weight excluding hydrogens is 828 g/mol. The molecule has 21 heteroatoms. The van der Waals surface area contributed by atoms with Crippen molar-refractivity contribution >= 4 is 47.8 Å². The van der Waals surface area contributed by atoms with Gasteiger partial charge in [-0.05, 0) is 23.8 Å². The van der Waals surface area contributed by atoms with Gasteiger partial charge in [-0.15, -0.1) is 0 Å². The maximum absolute atomic E-state index is 12.1. The highest BCUT2D eigenvalue weighted by Crippen LogP contribution is 2.31. The Hall–Kier alpha value is -6.10. The number of ether oxygens (including phenoxy) is 12. The van der Waals surface area contributed by atoms with Crippen molar-refractivity contribution in [2.24, 2.45) is 0 Å². The molecule has 21 nitrogen and oxygen atoms in total. The van der Waals surface area contributed by atoms with E-state index in [1.165, 1.54) is 0 Å². The number of rotatable bonds is 15. The molecule has 3 rings (SSSR count). The minimum absolute atomic E-state index is 0.367. The van der Waals surface area contributed by atoms with Crippen LogP contribution in [-0.4, -0.2) is 141 Å². The van der Waals surface area contributed by atoms with E-state index in [0.717, 1.165) is 55.4 Å². The molecule has 338 valence electrons. The fourth-order valence-electron chi connectivity index (χ4n) is 6.10. The van der Waals surface area contributed by atoms with E-state index in [0.29, 0.717) is 16.7 Å². The SMILES string of the molecule is CC(=O)OC[C@H]1O[C@@H](OCC#Cc2cc(C#CCO[C@@H]3O[C@H](COC(C)=O)[C@@H](OC(C)=O)[C@H](OC(C)=O)[C@H]3OC(C)=O)cc(CO)c2)[C@H](OC(C)=O)[C@@H](OC(C)=O)[C@@H]1OC(C)=O. The maximum atomic E-state index is 12.1. The third-order valence-corrected chi connectivity index (χ3v) is 8.18. The fraction of sp³-hybridized carbons (Fsp3) is 0.561. The average Bonchev–Trinajstić information content (AvgIpc) is 3.16. The summed E-state index contributed by atoms with van der Waals surface area (Å²) >= 11 is 0. The molecule has 0 amide bonds. The van der Waals surface area contributed by atoms with Crippen LogP contribution < -0.4 is 0 Å². The number of carbonyl (C=O) groups is 8. The summed E-state index contributed by atoms with van der Waals surface area (Å²) in [6.07, 6.45) is -13.9. The highest BCUT2D eigenvalue weighted by atomic mass is 16.7. The van der Waals surface area contributed by atoms with Crippen LogP contribution in [-0.2, 0) is 102 Å². The van der Waals surface area contributed by atoms with E-state index < -0.39 is 129 Å². The topological polar surface area (TPSA) is 268 Å². The molecule has 1 aromatic rings. The Morgan fingerprint density at radius 3 is 1.11 bits per heavy atom. The van der Waals surface area contributed by atoms with Gasteiger partial charge in [0.1, 0.15) is 38.6 Å². The lowest BCUT2D eigenvalue weighted by Gasteiger charge is -2.43. The van der Waals surface area contributed by atoms with Crippen molar-refractivity contribution in [2.45, 2.75) is 123 Å². The predicted molar refractivity (Wildman–Crippen MR) is 202 cm³/mol. The quantitative estimate of drug-likeness (QED) is 0.139. The van der Waals surface area contributed by atoms with Crippen LogP contribution in [0, 0.1) is 23.7 Å². The van der Waals surface area contributed by atoms with E-state index in [-0.39, 0.29) is 13.2 Å². The molecule has 2 aliphatic heterocycles. The molecule has 0 unspecified atom stereocenters. The molecular formula is C41H48O21. The van der Waals surface area contributed by atoms with Crippen LogP contribution in [0.25, 0.3) is 0 Å². The van der Waals surface area contributed by atoms with E-state index >= 15 is 0 Å². The summed E-state index contributed by atoms with van der Waals surface area (Å²) in [5, 5.41) is 9.95. The van der Waals surface area contributed by atoms with Gasteiger partial charge < -0.3 is 61.9 Å². The molecule has 0 radical (unpaired) electrons. The van der Waals surface area contributed by atoms with E-state index in [4.69, 9.17) is 56.8 Å². The molecule has 1 aromatic carbocycles. The van der Waals surface area contributed by atoms with Crippen molar-refractivity contribution in [3.63, 3.8) is 0 Å². The Labute approximate surface area is 356 Å². The number of carbonyl (C=O) groups excluding carboxylic acids is 8. The second kappa shape index (κ2) is 24.4. The van der Waals surface area contributed by atoms with E-state index in [1.807, 2.05) is 0 Å². The number of hydrogen-bond donors (Lipinski definition) is 1. The lowest BCUT2D eigenvalue weighted by molar-refractivity contribution is -0.305. The first-order chi connectivity index (χ1) is 29.3. The van der Waals surface area contributed by atoms with Gasteiger partial charge in [0.15, 0.2) is 49.2 Å². The Balaban J connectivity index is 1.85. The minimum atomic E-state index is -1.46. The highest BCUT2D eigenvalue weighted by Gasteiger charge is 2.54. The molecule has 0 bridgehead atoms. The Morgan fingerprint density at radius 1 is 0.484 bits per heavy atom. The molecule has 2 aliphatic rings. The minimum Gasteiger partial charge on any atom is -0.463 e. The second-order valence-corrected chi connectivity index (χ2v) is 13.4. The Kier molecular flexibility index (Phi) is 19.8. The molecule has 10 atom stereocenters. The van der Waals surface area contributed by atoms with Crippen molar-refractivity contribution in [2.75, 3.05) is 26.4 Å². The summed E-state index contributed by atoms with van der Waals surface area (Å²) in [6, 6.07) is 4.71. The normalized spacial score (nSPS) is 25.1. The number of benzene rings is 1. The standard InChI is InChI=1S/C41H48O21/c1-21(43)53-19-32-34(55-23(3)45)36(57-25(5)47)38(59-27(7)49)40(61-32)51-13-9-11-29-15-30(17-31(16-29)18-42)12-10-14-52-41-39(60-28(8)50)37(58-26(6)48)35(56-24(4)46)33(62-41)20-54-22(2)44/h15-17,32-42H,13-14,18-20H2,1-8H3/t32-,33-,34-,35-,36+,37+,38-,39-,40-,41-/m1/s1. The van der Waals surface area contributed by atoms with Crippen molar-refractivity contribution < 1.29 is 100 Å². The van der Waals surface area contributed by atoms with E-state index in [9.17, 15) is 43.5 Å². The van der Waals surface area contributed by atoms with Crippen LogP contribution >= 0.6 is 0 Å². The number of aliphatic hydroxyl groups is 1. The van der Waals surface area contributed by atoms with Crippen LogP contribution in [0.4, 0.5) is 0 Å². The van der Waals surface area contributed by atoms with Gasteiger partial charge in [-0.3, -0.25) is 38.4 Å². The third kappa shape index (κ3) is 16.4. The lowest BCUT2D eigenvalue weighted by Crippen LogP contribution is -2.63. The smallest absolute Gasteiger partial charge is 0.303 e. The Bertz CT molecular complexity index is 1800. The van der Waals surface area contributed by atoms with Crippen molar-refractivity contribution in [3.05, 3.63) is 34.9 Å². The lowest BCUT2D eigenvalue weighted by atomic mass is 9.98. The average molecular weight is 877 g/mol. The van der Waals surface area contributed by atoms with Crippen molar-refractivity contribution in [1.29, 1.82) is 0 Å². The second-order valence-electron chi connectivity index (χ2n) is 13.4. The van der Waals surface area contributed by atoms with Gasteiger partial charge in [0, 0.05) is 66.5 Å². The largest absolute Gasteiger partial charge is 0.463 e. The summed E-state index contributed by atoms with van der Waals surface area (Å²) < 4.78 is 65.8. The van der Waals surface area contributed by atoms with E-state index in [1.54, 1.807) is 18.2 Å². The first-order valence-corrected chi connectivity index (χ1v) is 18.8. The van der Waals surface area contributed by atoms with Gasteiger partial charge in [0.05, 0.1) is 6.61 Å². The van der Waals surface area contributed by atoms with Gasteiger partial charge in [0.25, 0.3) is 0 Å². The molecule has 0 spiro atoms. The molecule has 62 heavy (non-hydrogen) atoms. The van der Waals surface area contributed by atoms with Gasteiger partial charge in [-0.1, -0.05) is 23.7 Å². The molecule has 2 heterocycles. The first-order valence-electron chi connectivity index (χ1n) is 18.8. The number of esters is 8. The zero-order valence-electron chi connectivity index (χ0n) is 35.2. The summed E-state index contributed by atoms with van der Waals surface area (Å²) in [5.41, 5.74) is 1.15. The van der Waals surface area contributed by atoms with Crippen LogP contribution in [0.15, 0.2) is 18.2 Å². The molecule has 1 N–H and O–H groups in total. The number of aliphatic hydroxyl groups excluding tert-OH is 1. The van der Waals surface area contributed by atoms with Crippen LogP contribution in [0.3, 0.4) is 0 Å². The highest BCUT2D eigenvalue weighted by molar-refractivity contribution is 5.70. The van der Waals surface area contributed by atoms with Crippen molar-refractivity contribution in [3.8, 4) is 23.7 Å².